The van der Waals surface area contributed by atoms with Crippen molar-refractivity contribution in [1.29, 1.82) is 0 Å². The predicted octanol–water partition coefficient (Wildman–Crippen LogP) is 4.64. The largest absolute Gasteiger partial charge is 0.483 e. The highest BCUT2D eigenvalue weighted by molar-refractivity contribution is 5.92. The van der Waals surface area contributed by atoms with Gasteiger partial charge >= 0.3 is 5.69 Å². The molecule has 1 saturated carbocycles. The fraction of sp³-hybridized carbons (Fsp3) is 0.300. The van der Waals surface area contributed by atoms with E-state index in [9.17, 15) is 10.1 Å². The number of fused-ring (bicyclic) bond motifs is 1. The van der Waals surface area contributed by atoms with Gasteiger partial charge in [0.1, 0.15) is 12.1 Å². The zero-order valence-corrected chi connectivity index (χ0v) is 15.0. The Hall–Kier alpha value is -3.22. The SMILES string of the molecule is CC(Nc1ncnc2cc(OC3CCC3)c([N+](=O)[O-])cc12)c1ccccc1. The Balaban J connectivity index is 1.71. The summed E-state index contributed by atoms with van der Waals surface area (Å²) < 4.78 is 5.82. The Morgan fingerprint density at radius 2 is 2.00 bits per heavy atom. The molecule has 1 aliphatic carbocycles. The smallest absolute Gasteiger partial charge is 0.311 e. The van der Waals surface area contributed by atoms with Gasteiger partial charge in [0.15, 0.2) is 5.75 Å². The molecule has 2 aromatic carbocycles. The Kier molecular flexibility index (Phi) is 4.58. The average Bonchev–Trinajstić information content (AvgIpc) is 2.65. The summed E-state index contributed by atoms with van der Waals surface area (Å²) in [5.74, 6) is 0.840. The number of ether oxygens (including phenoxy) is 1. The summed E-state index contributed by atoms with van der Waals surface area (Å²) >= 11 is 0. The zero-order chi connectivity index (χ0) is 18.8. The summed E-state index contributed by atoms with van der Waals surface area (Å²) in [7, 11) is 0. The molecule has 27 heavy (non-hydrogen) atoms. The van der Waals surface area contributed by atoms with Crippen molar-refractivity contribution in [3.8, 4) is 5.75 Å². The van der Waals surface area contributed by atoms with Gasteiger partial charge in [0.25, 0.3) is 0 Å². The van der Waals surface area contributed by atoms with Crippen molar-refractivity contribution < 1.29 is 9.66 Å². The van der Waals surface area contributed by atoms with Gasteiger partial charge in [-0.05, 0) is 31.7 Å². The number of aromatic nitrogens is 2. The topological polar surface area (TPSA) is 90.2 Å². The number of hydrogen-bond acceptors (Lipinski definition) is 6. The van der Waals surface area contributed by atoms with Crippen molar-refractivity contribution in [3.63, 3.8) is 0 Å². The Labute approximate surface area is 156 Å². The van der Waals surface area contributed by atoms with E-state index in [0.717, 1.165) is 24.8 Å². The molecule has 7 heteroatoms. The van der Waals surface area contributed by atoms with Gasteiger partial charge in [0.2, 0.25) is 0 Å². The third-order valence-corrected chi connectivity index (χ3v) is 4.91. The van der Waals surface area contributed by atoms with E-state index in [4.69, 9.17) is 4.74 Å². The molecule has 1 unspecified atom stereocenters. The molecular formula is C20H20N4O3. The maximum atomic E-state index is 11.6. The number of nitro groups is 1. The van der Waals surface area contributed by atoms with E-state index in [-0.39, 0.29) is 23.6 Å². The van der Waals surface area contributed by atoms with Gasteiger partial charge in [-0.1, -0.05) is 30.3 Å². The highest BCUT2D eigenvalue weighted by Crippen LogP contribution is 2.37. The molecule has 3 aromatic rings. The standard InChI is InChI=1S/C20H20N4O3/c1-13(14-6-3-2-4-7-14)23-20-16-10-18(24(25)26)19(27-15-8-5-9-15)11-17(16)21-12-22-20/h2-4,6-7,10-13,15H,5,8-9H2,1H3,(H,21,22,23). The van der Waals surface area contributed by atoms with E-state index < -0.39 is 4.92 Å². The number of anilines is 1. The second kappa shape index (κ2) is 7.19. The first kappa shape index (κ1) is 17.2. The molecule has 138 valence electrons. The summed E-state index contributed by atoms with van der Waals surface area (Å²) in [6.07, 6.45) is 4.47. The first-order valence-corrected chi connectivity index (χ1v) is 9.03. The van der Waals surface area contributed by atoms with Crippen molar-refractivity contribution >= 4 is 22.4 Å². The van der Waals surface area contributed by atoms with Gasteiger partial charge in [-0.2, -0.15) is 0 Å². The summed E-state index contributed by atoms with van der Waals surface area (Å²) in [4.78, 5) is 19.7. The molecular weight excluding hydrogens is 344 g/mol. The van der Waals surface area contributed by atoms with Crippen LogP contribution in [0.2, 0.25) is 0 Å². The maximum Gasteiger partial charge on any atom is 0.311 e. The van der Waals surface area contributed by atoms with E-state index in [0.29, 0.717) is 16.7 Å². The van der Waals surface area contributed by atoms with Crippen LogP contribution in [0, 0.1) is 10.1 Å². The zero-order valence-electron chi connectivity index (χ0n) is 15.0. The second-order valence-electron chi connectivity index (χ2n) is 6.76. The van der Waals surface area contributed by atoms with E-state index in [1.807, 2.05) is 37.3 Å². The van der Waals surface area contributed by atoms with Gasteiger partial charge in [-0.15, -0.1) is 0 Å². The van der Waals surface area contributed by atoms with Crippen LogP contribution in [0.15, 0.2) is 48.8 Å². The lowest BCUT2D eigenvalue weighted by molar-refractivity contribution is -0.386. The van der Waals surface area contributed by atoms with E-state index in [1.54, 1.807) is 6.07 Å². The fourth-order valence-corrected chi connectivity index (χ4v) is 3.12. The molecule has 1 heterocycles. The molecule has 4 rings (SSSR count). The van der Waals surface area contributed by atoms with Crippen molar-refractivity contribution in [1.82, 2.24) is 9.97 Å². The number of nitrogens with one attached hydrogen (secondary N) is 1. The van der Waals surface area contributed by atoms with E-state index >= 15 is 0 Å². The van der Waals surface area contributed by atoms with Gasteiger partial charge in [-0.3, -0.25) is 10.1 Å². The first-order valence-electron chi connectivity index (χ1n) is 9.03. The number of rotatable bonds is 6. The van der Waals surface area contributed by atoms with Crippen molar-refractivity contribution in [2.75, 3.05) is 5.32 Å². The third kappa shape index (κ3) is 3.53. The van der Waals surface area contributed by atoms with Crippen LogP contribution >= 0.6 is 0 Å². The maximum absolute atomic E-state index is 11.6. The van der Waals surface area contributed by atoms with Gasteiger partial charge < -0.3 is 10.1 Å². The minimum absolute atomic E-state index is 0.00532. The van der Waals surface area contributed by atoms with Crippen LogP contribution in [0.5, 0.6) is 5.75 Å². The lowest BCUT2D eigenvalue weighted by atomic mass is 9.96. The Morgan fingerprint density at radius 3 is 2.67 bits per heavy atom. The molecule has 7 nitrogen and oxygen atoms in total. The van der Waals surface area contributed by atoms with Gasteiger partial charge in [-0.25, -0.2) is 9.97 Å². The summed E-state index contributed by atoms with van der Waals surface area (Å²) in [5.41, 5.74) is 1.66. The molecule has 1 atom stereocenters. The molecule has 0 spiro atoms. The van der Waals surface area contributed by atoms with Crippen LogP contribution in [-0.4, -0.2) is 21.0 Å². The van der Waals surface area contributed by atoms with Gasteiger partial charge in [0.05, 0.1) is 16.5 Å². The highest BCUT2D eigenvalue weighted by atomic mass is 16.6. The van der Waals surface area contributed by atoms with Crippen LogP contribution in [-0.2, 0) is 0 Å². The minimum Gasteiger partial charge on any atom is -0.483 e. The fourth-order valence-electron chi connectivity index (χ4n) is 3.12. The second-order valence-corrected chi connectivity index (χ2v) is 6.76. The minimum atomic E-state index is -0.412. The van der Waals surface area contributed by atoms with Crippen molar-refractivity contribution in [2.45, 2.75) is 38.3 Å². The summed E-state index contributed by atoms with van der Waals surface area (Å²) in [6, 6.07) is 13.1. The van der Waals surface area contributed by atoms with Crippen LogP contribution in [0.4, 0.5) is 11.5 Å². The number of hydrogen-bond donors (Lipinski definition) is 1. The normalized spacial score (nSPS) is 15.1. The Bertz CT molecular complexity index is 974. The lowest BCUT2D eigenvalue weighted by Crippen LogP contribution is -2.24. The van der Waals surface area contributed by atoms with Crippen LogP contribution in [0.25, 0.3) is 10.9 Å². The monoisotopic (exact) mass is 364 g/mol. The van der Waals surface area contributed by atoms with Crippen molar-refractivity contribution in [2.24, 2.45) is 0 Å². The third-order valence-electron chi connectivity index (χ3n) is 4.91. The molecule has 1 fully saturated rings. The molecule has 1 aliphatic rings. The molecule has 0 aliphatic heterocycles. The number of benzene rings is 2. The number of nitro benzene ring substituents is 1. The Morgan fingerprint density at radius 1 is 1.22 bits per heavy atom. The van der Waals surface area contributed by atoms with Crippen LogP contribution in [0.1, 0.15) is 37.8 Å². The summed E-state index contributed by atoms with van der Waals surface area (Å²) in [5, 5.41) is 15.5. The summed E-state index contributed by atoms with van der Waals surface area (Å²) in [6.45, 7) is 2.02. The highest BCUT2D eigenvalue weighted by Gasteiger charge is 2.25. The van der Waals surface area contributed by atoms with Crippen LogP contribution < -0.4 is 10.1 Å². The molecule has 1 N–H and O–H groups in total. The van der Waals surface area contributed by atoms with Gasteiger partial charge in [0, 0.05) is 23.6 Å². The molecule has 0 saturated heterocycles. The predicted molar refractivity (Wildman–Crippen MR) is 103 cm³/mol. The molecule has 0 bridgehead atoms. The lowest BCUT2D eigenvalue weighted by Gasteiger charge is -2.26. The van der Waals surface area contributed by atoms with E-state index in [2.05, 4.69) is 15.3 Å². The first-order chi connectivity index (χ1) is 13.1. The molecule has 0 amide bonds. The van der Waals surface area contributed by atoms with Crippen molar-refractivity contribution in [3.05, 3.63) is 64.5 Å². The molecule has 1 aromatic heterocycles. The quantitative estimate of drug-likeness (QED) is 0.506. The average molecular weight is 364 g/mol. The van der Waals surface area contributed by atoms with Crippen LogP contribution in [0.3, 0.4) is 0 Å². The number of nitrogens with zero attached hydrogens (tertiary/aromatic N) is 3. The molecule has 0 radical (unpaired) electrons. The van der Waals surface area contributed by atoms with E-state index in [1.165, 1.54) is 12.4 Å².